The highest BCUT2D eigenvalue weighted by molar-refractivity contribution is 6.35. The molecule has 210 valence electrons. The first-order valence-corrected chi connectivity index (χ1v) is 14.6. The number of hydrogen-bond acceptors (Lipinski definition) is 9. The smallest absolute Gasteiger partial charge is 0.240 e. The molecule has 4 fully saturated rings. The molecule has 3 saturated heterocycles. The number of piperazine rings is 1. The van der Waals surface area contributed by atoms with E-state index < -0.39 is 5.54 Å². The molecule has 12 heteroatoms. The molecular weight excluding hydrogens is 539 g/mol. The highest BCUT2D eigenvalue weighted by atomic mass is 35.5. The summed E-state index contributed by atoms with van der Waals surface area (Å²) in [5.74, 6) is 1.22. The van der Waals surface area contributed by atoms with Crippen LogP contribution >= 0.6 is 23.2 Å². The van der Waals surface area contributed by atoms with Gasteiger partial charge in [0, 0.05) is 68.1 Å². The summed E-state index contributed by atoms with van der Waals surface area (Å²) in [6.45, 7) is 5.12. The van der Waals surface area contributed by atoms with Gasteiger partial charge in [0.25, 0.3) is 0 Å². The fourth-order valence-electron chi connectivity index (χ4n) is 6.87. The van der Waals surface area contributed by atoms with Crippen LogP contribution in [0, 0.1) is 5.92 Å². The molecule has 1 spiro atoms. The van der Waals surface area contributed by atoms with Gasteiger partial charge in [-0.1, -0.05) is 23.2 Å². The Hall–Kier alpha value is -2.08. The van der Waals surface area contributed by atoms with Crippen LogP contribution in [0.3, 0.4) is 0 Å². The Morgan fingerprint density at radius 3 is 2.46 bits per heavy atom. The van der Waals surface area contributed by atoms with Crippen LogP contribution in [0.2, 0.25) is 10.0 Å². The van der Waals surface area contributed by atoms with E-state index in [0.717, 1.165) is 75.4 Å². The maximum Gasteiger partial charge on any atom is 0.240 e. The van der Waals surface area contributed by atoms with Crippen LogP contribution in [0.4, 0.5) is 5.95 Å². The Morgan fingerprint density at radius 1 is 1.05 bits per heavy atom. The molecule has 2 aromatic heterocycles. The van der Waals surface area contributed by atoms with Crippen molar-refractivity contribution in [3.8, 4) is 0 Å². The van der Waals surface area contributed by atoms with E-state index in [4.69, 9.17) is 37.9 Å². The lowest BCUT2D eigenvalue weighted by molar-refractivity contribution is -0.137. The van der Waals surface area contributed by atoms with Crippen molar-refractivity contribution in [2.24, 2.45) is 5.92 Å². The molecule has 3 aliphatic heterocycles. The van der Waals surface area contributed by atoms with Crippen molar-refractivity contribution < 1.29 is 9.53 Å². The SMILES string of the molecule is C[C@@H](OC1CCC2NNC(c3cnc(N4CCC5(CC4)C(=O)NCCN5C)nc3)C2C1)c1c(Cl)cncc1Cl. The summed E-state index contributed by atoms with van der Waals surface area (Å²) in [5.41, 5.74) is 8.42. The summed E-state index contributed by atoms with van der Waals surface area (Å²) in [7, 11) is 2.06. The molecule has 10 nitrogen and oxygen atoms in total. The number of likely N-dealkylation sites (N-methyl/N-ethyl adjacent to an activating group) is 1. The average molecular weight is 576 g/mol. The van der Waals surface area contributed by atoms with Gasteiger partial charge in [-0.05, 0) is 52.0 Å². The van der Waals surface area contributed by atoms with Crippen molar-refractivity contribution in [3.63, 3.8) is 0 Å². The van der Waals surface area contributed by atoms with Gasteiger partial charge in [-0.3, -0.25) is 20.1 Å². The number of amides is 1. The van der Waals surface area contributed by atoms with Crippen molar-refractivity contribution in [1.29, 1.82) is 0 Å². The normalized spacial score (nSPS) is 29.7. The van der Waals surface area contributed by atoms with E-state index in [-0.39, 0.29) is 24.2 Å². The lowest BCUT2D eigenvalue weighted by Gasteiger charge is -2.48. The fourth-order valence-corrected chi connectivity index (χ4v) is 7.54. The summed E-state index contributed by atoms with van der Waals surface area (Å²) >= 11 is 12.7. The third kappa shape index (κ3) is 5.11. The zero-order valence-electron chi connectivity index (χ0n) is 22.4. The van der Waals surface area contributed by atoms with E-state index in [1.54, 1.807) is 12.4 Å². The molecule has 5 atom stereocenters. The standard InChI is InChI=1S/C27H36Cl2N8O2/c1-16(23-20(28)14-30-15-21(23)29)39-18-3-4-22-19(11-18)24(35-34-22)17-12-32-26(33-13-17)37-8-5-27(6-9-37)25(38)31-7-10-36(27)2/h12-16,18-19,22,24,34-35H,3-11H2,1-2H3,(H,31,38)/t16-,18?,19?,22?,24?/m1/s1. The minimum atomic E-state index is -0.408. The lowest BCUT2D eigenvalue weighted by Crippen LogP contribution is -2.67. The highest BCUT2D eigenvalue weighted by Gasteiger charge is 2.47. The second kappa shape index (κ2) is 11.1. The summed E-state index contributed by atoms with van der Waals surface area (Å²) < 4.78 is 6.47. The van der Waals surface area contributed by atoms with Crippen molar-refractivity contribution in [2.75, 3.05) is 38.1 Å². The van der Waals surface area contributed by atoms with Crippen LogP contribution in [0.25, 0.3) is 0 Å². The molecule has 0 radical (unpaired) electrons. The van der Waals surface area contributed by atoms with Gasteiger partial charge in [0.2, 0.25) is 11.9 Å². The summed E-state index contributed by atoms with van der Waals surface area (Å²) in [6.07, 6.45) is 11.4. The van der Waals surface area contributed by atoms with Crippen molar-refractivity contribution in [1.82, 2.24) is 36.0 Å². The third-order valence-corrected chi connectivity index (χ3v) is 9.78. The van der Waals surface area contributed by atoms with E-state index in [9.17, 15) is 4.79 Å². The molecule has 1 aliphatic carbocycles. The monoisotopic (exact) mass is 574 g/mol. The van der Waals surface area contributed by atoms with Gasteiger partial charge in [0.1, 0.15) is 5.54 Å². The first kappa shape index (κ1) is 27.1. The number of hydrogen-bond donors (Lipinski definition) is 3. The Labute approximate surface area is 239 Å². The number of carbonyl (C=O) groups excluding carboxylic acids is 1. The Balaban J connectivity index is 1.09. The molecule has 39 heavy (non-hydrogen) atoms. The van der Waals surface area contributed by atoms with Crippen molar-refractivity contribution >= 4 is 35.1 Å². The van der Waals surface area contributed by atoms with Crippen LogP contribution in [-0.4, -0.2) is 76.7 Å². The largest absolute Gasteiger partial charge is 0.370 e. The van der Waals surface area contributed by atoms with Gasteiger partial charge < -0.3 is 15.0 Å². The number of aromatic nitrogens is 3. The van der Waals surface area contributed by atoms with Gasteiger partial charge in [0.15, 0.2) is 0 Å². The number of rotatable bonds is 5. The molecule has 0 bridgehead atoms. The van der Waals surface area contributed by atoms with Crippen LogP contribution in [0.1, 0.15) is 62.3 Å². The van der Waals surface area contributed by atoms with Crippen molar-refractivity contribution in [3.05, 3.63) is 46.0 Å². The summed E-state index contributed by atoms with van der Waals surface area (Å²) in [4.78, 5) is 30.6. The topological polar surface area (TPSA) is 108 Å². The predicted molar refractivity (Wildman–Crippen MR) is 150 cm³/mol. The Morgan fingerprint density at radius 2 is 1.77 bits per heavy atom. The zero-order chi connectivity index (χ0) is 27.1. The second-order valence-corrected chi connectivity index (χ2v) is 12.1. The number of carbonyl (C=O) groups is 1. The number of hydrazine groups is 1. The first-order chi connectivity index (χ1) is 18.9. The molecular formula is C27H36Cl2N8O2. The quantitative estimate of drug-likeness (QED) is 0.496. The number of pyridine rings is 1. The number of nitrogens with one attached hydrogen (secondary N) is 3. The molecule has 4 unspecified atom stereocenters. The number of fused-ring (bicyclic) bond motifs is 1. The molecule has 4 aliphatic rings. The van der Waals surface area contributed by atoms with Crippen LogP contribution in [0.5, 0.6) is 0 Å². The molecule has 5 heterocycles. The number of piperidine rings is 1. The Bertz CT molecular complexity index is 1170. The molecule has 0 aromatic carbocycles. The van der Waals surface area contributed by atoms with Crippen LogP contribution < -0.4 is 21.1 Å². The molecule has 1 amide bonds. The Kier molecular flexibility index (Phi) is 7.69. The van der Waals surface area contributed by atoms with E-state index in [2.05, 4.69) is 38.0 Å². The van der Waals surface area contributed by atoms with E-state index >= 15 is 0 Å². The zero-order valence-corrected chi connectivity index (χ0v) is 23.9. The number of ether oxygens (including phenoxy) is 1. The maximum atomic E-state index is 12.7. The third-order valence-electron chi connectivity index (χ3n) is 9.17. The van der Waals surface area contributed by atoms with Crippen LogP contribution in [-0.2, 0) is 9.53 Å². The van der Waals surface area contributed by atoms with E-state index in [0.29, 0.717) is 22.0 Å². The molecule has 6 rings (SSSR count). The maximum absolute atomic E-state index is 12.7. The van der Waals surface area contributed by atoms with E-state index in [1.807, 2.05) is 19.3 Å². The van der Waals surface area contributed by atoms with Gasteiger partial charge in [0.05, 0.1) is 28.3 Å². The molecule has 1 saturated carbocycles. The minimum absolute atomic E-state index is 0.0988. The second-order valence-electron chi connectivity index (χ2n) is 11.3. The number of halogens is 2. The predicted octanol–water partition coefficient (Wildman–Crippen LogP) is 3.04. The van der Waals surface area contributed by atoms with Gasteiger partial charge in [-0.2, -0.15) is 0 Å². The first-order valence-electron chi connectivity index (χ1n) is 13.9. The number of nitrogens with zero attached hydrogens (tertiary/aromatic N) is 5. The average Bonchev–Trinajstić information content (AvgIpc) is 3.35. The summed E-state index contributed by atoms with van der Waals surface area (Å²) in [5, 5.41) is 4.11. The van der Waals surface area contributed by atoms with Crippen LogP contribution in [0.15, 0.2) is 24.8 Å². The minimum Gasteiger partial charge on any atom is -0.370 e. The van der Waals surface area contributed by atoms with Gasteiger partial charge in [-0.15, -0.1) is 0 Å². The van der Waals surface area contributed by atoms with E-state index in [1.165, 1.54) is 0 Å². The fraction of sp³-hybridized carbons (Fsp3) is 0.630. The van der Waals surface area contributed by atoms with Gasteiger partial charge in [-0.25, -0.2) is 15.4 Å². The highest BCUT2D eigenvalue weighted by Crippen LogP contribution is 2.41. The summed E-state index contributed by atoms with van der Waals surface area (Å²) in [6, 6.07) is 0.470. The number of anilines is 1. The molecule has 2 aromatic rings. The molecule has 3 N–H and O–H groups in total. The van der Waals surface area contributed by atoms with Crippen molar-refractivity contribution in [2.45, 2.75) is 68.9 Å². The lowest BCUT2D eigenvalue weighted by atomic mass is 9.78. The van der Waals surface area contributed by atoms with Gasteiger partial charge >= 0.3 is 0 Å².